The molecular weight excluding hydrogens is 238 g/mol. The number of rotatable bonds is 5. The lowest BCUT2D eigenvalue weighted by molar-refractivity contribution is 0.218. The fourth-order valence-corrected chi connectivity index (χ4v) is 2.30. The highest BCUT2D eigenvalue weighted by molar-refractivity contribution is 7.90. The van der Waals surface area contributed by atoms with E-state index in [9.17, 15) is 13.5 Å². The van der Waals surface area contributed by atoms with E-state index >= 15 is 0 Å². The van der Waals surface area contributed by atoms with Gasteiger partial charge in [0.2, 0.25) is 0 Å². The van der Waals surface area contributed by atoms with Crippen molar-refractivity contribution in [2.75, 3.05) is 18.2 Å². The summed E-state index contributed by atoms with van der Waals surface area (Å²) in [6.45, 7) is 3.74. The molecule has 0 saturated heterocycles. The van der Waals surface area contributed by atoms with Crippen molar-refractivity contribution in [3.8, 4) is 0 Å². The Bertz CT molecular complexity index is 478. The summed E-state index contributed by atoms with van der Waals surface area (Å²) >= 11 is 0. The Balaban J connectivity index is 3.16. The fraction of sp³-hybridized carbons (Fsp3) is 0.500. The molecule has 0 amide bonds. The number of aliphatic hydroxyl groups is 1. The Morgan fingerprint density at radius 3 is 2.41 bits per heavy atom. The van der Waals surface area contributed by atoms with Gasteiger partial charge in [0, 0.05) is 6.26 Å². The van der Waals surface area contributed by atoms with Crippen molar-refractivity contribution in [3.63, 3.8) is 0 Å². The van der Waals surface area contributed by atoms with Crippen LogP contribution in [0.1, 0.15) is 20.3 Å². The molecule has 4 nitrogen and oxygen atoms in total. The minimum Gasteiger partial charge on any atom is -0.394 e. The Morgan fingerprint density at radius 2 is 1.94 bits per heavy atom. The van der Waals surface area contributed by atoms with Crippen LogP contribution in [-0.4, -0.2) is 31.9 Å². The molecule has 2 N–H and O–H groups in total. The first-order valence-electron chi connectivity index (χ1n) is 5.50. The van der Waals surface area contributed by atoms with Crippen LogP contribution in [0.4, 0.5) is 5.69 Å². The average Bonchev–Trinajstić information content (AvgIpc) is 2.28. The fourth-order valence-electron chi connectivity index (χ4n) is 1.46. The van der Waals surface area contributed by atoms with Crippen molar-refractivity contribution >= 4 is 15.5 Å². The molecule has 0 aliphatic heterocycles. The van der Waals surface area contributed by atoms with E-state index in [2.05, 4.69) is 5.32 Å². The number of sulfone groups is 1. The van der Waals surface area contributed by atoms with E-state index in [1.165, 1.54) is 6.26 Å². The molecule has 1 atom stereocenters. The van der Waals surface area contributed by atoms with Crippen molar-refractivity contribution in [2.45, 2.75) is 30.7 Å². The van der Waals surface area contributed by atoms with Gasteiger partial charge in [-0.1, -0.05) is 19.1 Å². The summed E-state index contributed by atoms with van der Waals surface area (Å²) in [7, 11) is -3.27. The summed E-state index contributed by atoms with van der Waals surface area (Å²) < 4.78 is 23.2. The number of nitrogens with one attached hydrogen (secondary N) is 1. The Labute approximate surface area is 103 Å². The van der Waals surface area contributed by atoms with Gasteiger partial charge in [0.1, 0.15) is 0 Å². The van der Waals surface area contributed by atoms with Crippen LogP contribution in [0.25, 0.3) is 0 Å². The van der Waals surface area contributed by atoms with Crippen LogP contribution in [-0.2, 0) is 9.84 Å². The lowest BCUT2D eigenvalue weighted by Gasteiger charge is -2.29. The summed E-state index contributed by atoms with van der Waals surface area (Å²) in [5, 5.41) is 12.4. The maximum absolute atomic E-state index is 11.6. The minimum absolute atomic E-state index is 0.0540. The first-order valence-corrected chi connectivity index (χ1v) is 7.39. The van der Waals surface area contributed by atoms with Gasteiger partial charge in [-0.2, -0.15) is 0 Å². The van der Waals surface area contributed by atoms with Crippen LogP contribution in [0.15, 0.2) is 29.2 Å². The van der Waals surface area contributed by atoms with Crippen molar-refractivity contribution in [2.24, 2.45) is 0 Å². The van der Waals surface area contributed by atoms with E-state index in [1.54, 1.807) is 24.3 Å². The lowest BCUT2D eigenvalue weighted by atomic mass is 10.00. The second-order valence-electron chi connectivity index (χ2n) is 4.47. The van der Waals surface area contributed by atoms with Crippen LogP contribution in [0.3, 0.4) is 0 Å². The number of anilines is 1. The van der Waals surface area contributed by atoms with Crippen molar-refractivity contribution in [1.82, 2.24) is 0 Å². The maximum atomic E-state index is 11.6. The monoisotopic (exact) mass is 257 g/mol. The van der Waals surface area contributed by atoms with Gasteiger partial charge in [-0.3, -0.25) is 0 Å². The normalized spacial score (nSPS) is 15.3. The first-order chi connectivity index (χ1) is 7.82. The molecule has 0 radical (unpaired) electrons. The summed E-state index contributed by atoms with van der Waals surface area (Å²) in [5.74, 6) is 0. The number of para-hydroxylation sites is 1. The number of aliphatic hydroxyl groups excluding tert-OH is 1. The molecular formula is C12H19NO3S. The van der Waals surface area contributed by atoms with E-state index in [0.29, 0.717) is 12.1 Å². The molecule has 96 valence electrons. The van der Waals surface area contributed by atoms with Gasteiger partial charge in [-0.05, 0) is 25.5 Å². The molecule has 0 fully saturated rings. The van der Waals surface area contributed by atoms with Crippen molar-refractivity contribution in [3.05, 3.63) is 24.3 Å². The molecule has 17 heavy (non-hydrogen) atoms. The Hall–Kier alpha value is -1.07. The number of benzene rings is 1. The third-order valence-corrected chi connectivity index (χ3v) is 4.01. The molecule has 0 aliphatic carbocycles. The summed E-state index contributed by atoms with van der Waals surface area (Å²) in [6.07, 6.45) is 1.87. The molecule has 1 aromatic rings. The highest BCUT2D eigenvalue weighted by atomic mass is 32.2. The van der Waals surface area contributed by atoms with Gasteiger partial charge in [0.05, 0.1) is 22.7 Å². The minimum atomic E-state index is -3.27. The molecule has 0 aliphatic rings. The second-order valence-corrected chi connectivity index (χ2v) is 6.45. The van der Waals surface area contributed by atoms with Crippen LogP contribution in [0.2, 0.25) is 0 Å². The Kier molecular flexibility index (Phi) is 4.16. The topological polar surface area (TPSA) is 66.4 Å². The zero-order valence-electron chi connectivity index (χ0n) is 10.4. The molecule has 1 aromatic carbocycles. The van der Waals surface area contributed by atoms with Crippen LogP contribution in [0.5, 0.6) is 0 Å². The SMILES string of the molecule is CCC(C)(CO)Nc1ccccc1S(C)(=O)=O. The zero-order valence-corrected chi connectivity index (χ0v) is 11.2. The zero-order chi connectivity index (χ0) is 13.1. The van der Waals surface area contributed by atoms with Crippen LogP contribution >= 0.6 is 0 Å². The quantitative estimate of drug-likeness (QED) is 0.842. The third-order valence-electron chi connectivity index (χ3n) is 2.85. The van der Waals surface area contributed by atoms with E-state index in [4.69, 9.17) is 0 Å². The molecule has 0 aromatic heterocycles. The first kappa shape index (κ1) is 14.0. The van der Waals surface area contributed by atoms with Gasteiger partial charge in [0.25, 0.3) is 0 Å². The van der Waals surface area contributed by atoms with Gasteiger partial charge in [-0.15, -0.1) is 0 Å². The number of hydrogen-bond acceptors (Lipinski definition) is 4. The summed E-state index contributed by atoms with van der Waals surface area (Å²) in [6, 6.07) is 6.72. The molecule has 5 heteroatoms. The molecule has 0 spiro atoms. The van der Waals surface area contributed by atoms with Gasteiger partial charge in [-0.25, -0.2) is 8.42 Å². The van der Waals surface area contributed by atoms with Crippen molar-refractivity contribution in [1.29, 1.82) is 0 Å². The molecule has 1 rings (SSSR count). The smallest absolute Gasteiger partial charge is 0.177 e. The summed E-state index contributed by atoms with van der Waals surface area (Å²) in [5.41, 5.74) is 0.0225. The molecule has 1 unspecified atom stereocenters. The number of hydrogen-bond donors (Lipinski definition) is 2. The van der Waals surface area contributed by atoms with Gasteiger partial charge >= 0.3 is 0 Å². The van der Waals surface area contributed by atoms with E-state index < -0.39 is 15.4 Å². The highest BCUT2D eigenvalue weighted by Gasteiger charge is 2.23. The lowest BCUT2D eigenvalue weighted by Crippen LogP contribution is -2.38. The second kappa shape index (κ2) is 5.06. The Morgan fingerprint density at radius 1 is 1.35 bits per heavy atom. The van der Waals surface area contributed by atoms with E-state index in [1.807, 2.05) is 13.8 Å². The standard InChI is InChI=1S/C12H19NO3S/c1-4-12(2,9-14)13-10-7-5-6-8-11(10)17(3,15)16/h5-8,13-14H,4,9H2,1-3H3. The maximum Gasteiger partial charge on any atom is 0.177 e. The van der Waals surface area contributed by atoms with Crippen LogP contribution < -0.4 is 5.32 Å². The third kappa shape index (κ3) is 3.44. The van der Waals surface area contributed by atoms with Gasteiger partial charge in [0.15, 0.2) is 9.84 Å². The largest absolute Gasteiger partial charge is 0.394 e. The summed E-state index contributed by atoms with van der Waals surface area (Å²) in [4.78, 5) is 0.258. The van der Waals surface area contributed by atoms with Crippen molar-refractivity contribution < 1.29 is 13.5 Å². The highest BCUT2D eigenvalue weighted by Crippen LogP contribution is 2.25. The predicted octanol–water partition coefficient (Wildman–Crippen LogP) is 1.66. The average molecular weight is 257 g/mol. The molecule has 0 heterocycles. The van der Waals surface area contributed by atoms with Crippen LogP contribution in [0, 0.1) is 0 Å². The molecule has 0 bridgehead atoms. The molecule has 0 saturated carbocycles. The van der Waals surface area contributed by atoms with E-state index in [0.717, 1.165) is 0 Å². The van der Waals surface area contributed by atoms with Gasteiger partial charge < -0.3 is 10.4 Å². The van der Waals surface area contributed by atoms with E-state index in [-0.39, 0.29) is 11.5 Å². The predicted molar refractivity (Wildman–Crippen MR) is 69.0 cm³/mol.